The van der Waals surface area contributed by atoms with Crippen molar-refractivity contribution in [2.24, 2.45) is 5.73 Å². The van der Waals surface area contributed by atoms with Crippen molar-refractivity contribution in [1.82, 2.24) is 4.90 Å². The number of hydrogen-bond donors (Lipinski definition) is 3. The van der Waals surface area contributed by atoms with Gasteiger partial charge in [0.15, 0.2) is 0 Å². The second-order valence-corrected chi connectivity index (χ2v) is 5.65. The highest BCUT2D eigenvalue weighted by atomic mass is 16.3. The Kier molecular flexibility index (Phi) is 4.30. The van der Waals surface area contributed by atoms with Gasteiger partial charge in [-0.05, 0) is 30.5 Å². The van der Waals surface area contributed by atoms with Crippen molar-refractivity contribution >= 4 is 5.91 Å². The third kappa shape index (κ3) is 3.29. The molecule has 1 aromatic carbocycles. The number of likely N-dealkylation sites (tertiary alicyclic amines) is 1. The first-order valence-corrected chi connectivity index (χ1v) is 6.98. The highest BCUT2D eigenvalue weighted by Crippen LogP contribution is 2.26. The number of aliphatic hydroxyl groups is 1. The first-order chi connectivity index (χ1) is 9.43. The highest BCUT2D eigenvalue weighted by Gasteiger charge is 2.43. The van der Waals surface area contributed by atoms with Crippen LogP contribution in [-0.2, 0) is 11.2 Å². The number of β-amino-alcohol motifs (C(OH)–C–C–N with tert-alkyl or cyclic N) is 1. The van der Waals surface area contributed by atoms with Gasteiger partial charge >= 0.3 is 0 Å². The second-order valence-electron chi connectivity index (χ2n) is 5.65. The molecule has 110 valence electrons. The number of carbonyl (C=O) groups is 1. The van der Waals surface area contributed by atoms with Crippen LogP contribution in [0.3, 0.4) is 0 Å². The number of hydrogen-bond acceptors (Lipinski definition) is 4. The molecule has 5 nitrogen and oxygen atoms in total. The number of amides is 1. The molecule has 1 aliphatic rings. The molecule has 20 heavy (non-hydrogen) atoms. The van der Waals surface area contributed by atoms with Gasteiger partial charge in [0.25, 0.3) is 0 Å². The smallest absolute Gasteiger partial charge is 0.240 e. The molecule has 2 rings (SSSR count). The van der Waals surface area contributed by atoms with E-state index in [1.165, 1.54) is 0 Å². The number of rotatable bonds is 5. The predicted octanol–water partition coefficient (Wildman–Crippen LogP) is 0.635. The van der Waals surface area contributed by atoms with Gasteiger partial charge in [-0.15, -0.1) is 0 Å². The maximum absolute atomic E-state index is 12.1. The molecule has 5 heteroatoms. The summed E-state index contributed by atoms with van der Waals surface area (Å²) in [7, 11) is 0. The van der Waals surface area contributed by atoms with Crippen LogP contribution in [0.2, 0.25) is 0 Å². The molecule has 4 N–H and O–H groups in total. The van der Waals surface area contributed by atoms with Crippen LogP contribution in [0.5, 0.6) is 5.75 Å². The van der Waals surface area contributed by atoms with Crippen LogP contribution in [0.1, 0.15) is 25.3 Å². The molecule has 0 aromatic heterocycles. The van der Waals surface area contributed by atoms with Crippen molar-refractivity contribution in [3.63, 3.8) is 0 Å². The van der Waals surface area contributed by atoms with Gasteiger partial charge < -0.3 is 20.8 Å². The van der Waals surface area contributed by atoms with Gasteiger partial charge in [-0.1, -0.05) is 25.5 Å². The SMILES string of the molecule is CCCC1(O)CN(C(=O)[C@H](N)Cc2ccc(O)cc2)C1. The quantitative estimate of drug-likeness (QED) is 0.737. The van der Waals surface area contributed by atoms with Gasteiger partial charge in [0.05, 0.1) is 24.7 Å². The molecule has 1 atom stereocenters. The lowest BCUT2D eigenvalue weighted by molar-refractivity contribution is -0.157. The van der Waals surface area contributed by atoms with E-state index < -0.39 is 11.6 Å². The van der Waals surface area contributed by atoms with Crippen LogP contribution in [0.25, 0.3) is 0 Å². The van der Waals surface area contributed by atoms with Crippen molar-refractivity contribution in [3.8, 4) is 5.75 Å². The van der Waals surface area contributed by atoms with E-state index in [-0.39, 0.29) is 11.7 Å². The van der Waals surface area contributed by atoms with Gasteiger partial charge in [-0.2, -0.15) is 0 Å². The van der Waals surface area contributed by atoms with E-state index >= 15 is 0 Å². The largest absolute Gasteiger partial charge is 0.508 e. The molecule has 1 aliphatic heterocycles. The molecule has 1 amide bonds. The Bertz CT molecular complexity index is 467. The van der Waals surface area contributed by atoms with E-state index in [4.69, 9.17) is 5.73 Å². The van der Waals surface area contributed by atoms with Crippen LogP contribution in [0.15, 0.2) is 24.3 Å². The van der Waals surface area contributed by atoms with Gasteiger partial charge in [0.2, 0.25) is 5.91 Å². The molecule has 1 saturated heterocycles. The topological polar surface area (TPSA) is 86.8 Å². The van der Waals surface area contributed by atoms with Gasteiger partial charge in [0, 0.05) is 0 Å². The van der Waals surface area contributed by atoms with E-state index in [1.54, 1.807) is 29.2 Å². The minimum Gasteiger partial charge on any atom is -0.508 e. The Morgan fingerprint density at radius 2 is 2.00 bits per heavy atom. The maximum Gasteiger partial charge on any atom is 0.240 e. The van der Waals surface area contributed by atoms with Crippen molar-refractivity contribution < 1.29 is 15.0 Å². The fraction of sp³-hybridized carbons (Fsp3) is 0.533. The number of nitrogens with zero attached hydrogens (tertiary/aromatic N) is 1. The lowest BCUT2D eigenvalue weighted by atomic mass is 9.88. The lowest BCUT2D eigenvalue weighted by Crippen LogP contribution is -2.66. The van der Waals surface area contributed by atoms with Crippen LogP contribution in [0.4, 0.5) is 0 Å². The first kappa shape index (κ1) is 14.8. The molecule has 1 aromatic rings. The zero-order chi connectivity index (χ0) is 14.8. The molecule has 0 unspecified atom stereocenters. The molecule has 0 bridgehead atoms. The molecular formula is C15H22N2O3. The number of carbonyl (C=O) groups excluding carboxylic acids is 1. The average Bonchev–Trinajstić information content (AvgIpc) is 2.38. The summed E-state index contributed by atoms with van der Waals surface area (Å²) in [4.78, 5) is 13.7. The monoisotopic (exact) mass is 278 g/mol. The Balaban J connectivity index is 1.86. The Morgan fingerprint density at radius 1 is 1.40 bits per heavy atom. The second kappa shape index (κ2) is 5.81. The summed E-state index contributed by atoms with van der Waals surface area (Å²) < 4.78 is 0. The number of phenols is 1. The van der Waals surface area contributed by atoms with Crippen molar-refractivity contribution in [3.05, 3.63) is 29.8 Å². The highest BCUT2D eigenvalue weighted by molar-refractivity contribution is 5.83. The van der Waals surface area contributed by atoms with Crippen molar-refractivity contribution in [2.45, 2.75) is 37.8 Å². The molecule has 1 fully saturated rings. The van der Waals surface area contributed by atoms with Gasteiger partial charge in [0.1, 0.15) is 5.75 Å². The normalized spacial score (nSPS) is 18.4. The number of phenolic OH excluding ortho intramolecular Hbond substituents is 1. The van der Waals surface area contributed by atoms with Crippen molar-refractivity contribution in [2.75, 3.05) is 13.1 Å². The van der Waals surface area contributed by atoms with Crippen LogP contribution in [0, 0.1) is 0 Å². The van der Waals surface area contributed by atoms with Gasteiger partial charge in [-0.3, -0.25) is 4.79 Å². The van der Waals surface area contributed by atoms with Crippen LogP contribution >= 0.6 is 0 Å². The lowest BCUT2D eigenvalue weighted by Gasteiger charge is -2.47. The molecule has 0 radical (unpaired) electrons. The Labute approximate surface area is 119 Å². The van der Waals surface area contributed by atoms with E-state index in [9.17, 15) is 15.0 Å². The van der Waals surface area contributed by atoms with E-state index in [2.05, 4.69) is 0 Å². The van der Waals surface area contributed by atoms with Gasteiger partial charge in [-0.25, -0.2) is 0 Å². The average molecular weight is 278 g/mol. The number of nitrogens with two attached hydrogens (primary N) is 1. The van der Waals surface area contributed by atoms with E-state index in [0.29, 0.717) is 25.9 Å². The maximum atomic E-state index is 12.1. The Hall–Kier alpha value is -1.59. The van der Waals surface area contributed by atoms with Crippen LogP contribution < -0.4 is 5.73 Å². The number of benzene rings is 1. The summed E-state index contributed by atoms with van der Waals surface area (Å²) in [6, 6.07) is 6.07. The zero-order valence-electron chi connectivity index (χ0n) is 11.7. The third-order valence-corrected chi connectivity index (χ3v) is 3.71. The summed E-state index contributed by atoms with van der Waals surface area (Å²) >= 11 is 0. The summed E-state index contributed by atoms with van der Waals surface area (Å²) in [6.45, 7) is 2.77. The summed E-state index contributed by atoms with van der Waals surface area (Å²) in [5.74, 6) is 0.0693. The molecule has 0 spiro atoms. The summed E-state index contributed by atoms with van der Waals surface area (Å²) in [5, 5.41) is 19.3. The van der Waals surface area contributed by atoms with Crippen LogP contribution in [-0.4, -0.2) is 45.8 Å². The summed E-state index contributed by atoms with van der Waals surface area (Å²) in [5.41, 5.74) is 6.12. The Morgan fingerprint density at radius 3 is 2.55 bits per heavy atom. The first-order valence-electron chi connectivity index (χ1n) is 6.98. The van der Waals surface area contributed by atoms with E-state index in [1.807, 2.05) is 6.92 Å². The van der Waals surface area contributed by atoms with E-state index in [0.717, 1.165) is 12.0 Å². The molecule has 1 heterocycles. The standard InChI is InChI=1S/C15H22N2O3/c1-2-7-15(20)9-17(10-15)14(19)13(16)8-11-3-5-12(18)6-4-11/h3-6,13,18,20H,2,7-10,16H2,1H3/t13-/m1/s1. The minimum atomic E-state index is -0.720. The molecular weight excluding hydrogens is 256 g/mol. The number of aromatic hydroxyl groups is 1. The predicted molar refractivity (Wildman–Crippen MR) is 76.2 cm³/mol. The summed E-state index contributed by atoms with van der Waals surface area (Å²) in [6.07, 6.45) is 2.05. The molecule has 0 aliphatic carbocycles. The zero-order valence-corrected chi connectivity index (χ0v) is 11.7. The molecule has 0 saturated carbocycles. The third-order valence-electron chi connectivity index (χ3n) is 3.71. The fourth-order valence-corrected chi connectivity index (χ4v) is 2.65. The minimum absolute atomic E-state index is 0.126. The van der Waals surface area contributed by atoms with Crippen molar-refractivity contribution in [1.29, 1.82) is 0 Å². The fourth-order valence-electron chi connectivity index (χ4n) is 2.65.